The summed E-state index contributed by atoms with van der Waals surface area (Å²) in [4.78, 5) is 4.98. The van der Waals surface area contributed by atoms with E-state index in [-0.39, 0.29) is 0 Å². The molecule has 0 amide bonds. The molecule has 0 fully saturated rings. The summed E-state index contributed by atoms with van der Waals surface area (Å²) in [5, 5.41) is 28.5. The minimum atomic E-state index is -1.10. The van der Waals surface area contributed by atoms with E-state index in [1.165, 1.54) is 0 Å². The second-order valence-corrected chi connectivity index (χ2v) is 7.35. The van der Waals surface area contributed by atoms with Crippen molar-refractivity contribution in [1.82, 2.24) is 19.6 Å². The summed E-state index contributed by atoms with van der Waals surface area (Å²) in [5.41, 5.74) is 12.0. The fraction of sp³-hybridized carbons (Fsp3) is 0.125. The van der Waals surface area contributed by atoms with E-state index in [2.05, 4.69) is 16.3 Å². The number of hydrogen-bond acceptors (Lipinski definition) is 6. The summed E-state index contributed by atoms with van der Waals surface area (Å²) in [6.45, 7) is 0.0634. The lowest BCUT2D eigenvalue weighted by molar-refractivity contribution is 0.0878. The van der Waals surface area contributed by atoms with Gasteiger partial charge in [-0.15, -0.1) is 10.2 Å². The lowest BCUT2D eigenvalue weighted by Gasteiger charge is -2.13. The van der Waals surface area contributed by atoms with Crippen LogP contribution in [0.25, 0.3) is 38.9 Å². The Labute approximate surface area is 178 Å². The molecule has 1 unspecified atom stereocenters. The maximum Gasteiger partial charge on any atom is 0.170 e. The van der Waals surface area contributed by atoms with E-state index in [1.807, 2.05) is 60.7 Å². The molecule has 1 atom stereocenters. The molecular weight excluding hydrogens is 390 g/mol. The summed E-state index contributed by atoms with van der Waals surface area (Å²) in [6, 6.07) is 22.1. The van der Waals surface area contributed by atoms with Gasteiger partial charge in [-0.2, -0.15) is 0 Å². The van der Waals surface area contributed by atoms with E-state index in [1.54, 1.807) is 10.6 Å². The van der Waals surface area contributed by atoms with E-state index in [0.717, 1.165) is 38.9 Å². The highest BCUT2D eigenvalue weighted by Crippen LogP contribution is 2.34. The highest BCUT2D eigenvalue weighted by Gasteiger charge is 2.18. The summed E-state index contributed by atoms with van der Waals surface area (Å²) in [5.74, 6) is 0.294. The van der Waals surface area contributed by atoms with Gasteiger partial charge in [0.2, 0.25) is 0 Å². The average molecular weight is 411 g/mol. The number of benzene rings is 2. The van der Waals surface area contributed by atoms with E-state index < -0.39 is 12.7 Å². The number of hydrogen-bond donors (Lipinski definition) is 3. The molecule has 3 heterocycles. The molecule has 0 aliphatic rings. The topological polar surface area (TPSA) is 110 Å². The Kier molecular flexibility index (Phi) is 4.91. The summed E-state index contributed by atoms with van der Waals surface area (Å²) < 4.78 is 1.69. The first kappa shape index (κ1) is 19.3. The zero-order valence-corrected chi connectivity index (χ0v) is 16.7. The van der Waals surface area contributed by atoms with E-state index in [9.17, 15) is 10.2 Å². The molecule has 31 heavy (non-hydrogen) atoms. The number of fused-ring (bicyclic) bond motifs is 3. The van der Waals surface area contributed by atoms with Crippen LogP contribution in [0.3, 0.4) is 0 Å². The van der Waals surface area contributed by atoms with Crippen molar-refractivity contribution in [2.75, 3.05) is 6.61 Å². The number of aromatic nitrogens is 4. The van der Waals surface area contributed by atoms with Crippen LogP contribution in [0, 0.1) is 0 Å². The molecule has 0 aliphatic heterocycles. The first-order valence-electron chi connectivity index (χ1n) is 10.0. The van der Waals surface area contributed by atoms with Crippen LogP contribution < -0.4 is 5.73 Å². The fourth-order valence-corrected chi connectivity index (χ4v) is 3.78. The molecule has 0 spiro atoms. The van der Waals surface area contributed by atoms with Gasteiger partial charge in [-0.25, -0.2) is 4.98 Å². The number of nitrogens with zero attached hydrogens (tertiary/aromatic N) is 4. The minimum absolute atomic E-state index is 0.294. The predicted molar refractivity (Wildman–Crippen MR) is 119 cm³/mol. The Morgan fingerprint density at radius 3 is 2.42 bits per heavy atom. The summed E-state index contributed by atoms with van der Waals surface area (Å²) >= 11 is 0. The average Bonchev–Trinajstić information content (AvgIpc) is 3.28. The number of aliphatic hydroxyl groups excluding tert-OH is 2. The van der Waals surface area contributed by atoms with Gasteiger partial charge < -0.3 is 15.9 Å². The molecule has 0 radical (unpaired) electrons. The van der Waals surface area contributed by atoms with Gasteiger partial charge in [-0.1, -0.05) is 54.6 Å². The molecule has 2 aromatic carbocycles. The molecule has 0 aliphatic carbocycles. The normalized spacial score (nSPS) is 12.5. The van der Waals surface area contributed by atoms with Crippen LogP contribution in [0.1, 0.15) is 17.5 Å². The van der Waals surface area contributed by atoms with Gasteiger partial charge in [0, 0.05) is 29.3 Å². The predicted octanol–water partition coefficient (Wildman–Crippen LogP) is 3.10. The number of rotatable bonds is 5. The Bertz CT molecular complexity index is 1360. The van der Waals surface area contributed by atoms with E-state index in [0.29, 0.717) is 18.0 Å². The maximum atomic E-state index is 10.1. The molecule has 5 aromatic rings. The zero-order valence-electron chi connectivity index (χ0n) is 16.7. The van der Waals surface area contributed by atoms with E-state index >= 15 is 0 Å². The molecule has 0 saturated carbocycles. The zero-order chi connectivity index (χ0) is 21.4. The standard InChI is InChI=1S/C24H21N5O2/c25-13-15-6-8-17(9-7-15)22-18(16-4-2-1-3-5-16)12-19-20(26-22)10-11-29-23(19)27-28-24(29)21(31)14-30/h1-12,21,30-31H,13-14,25H2. The van der Waals surface area contributed by atoms with Crippen molar-refractivity contribution in [2.45, 2.75) is 12.6 Å². The van der Waals surface area contributed by atoms with Crippen molar-refractivity contribution < 1.29 is 10.2 Å². The quantitative estimate of drug-likeness (QED) is 0.410. The Morgan fingerprint density at radius 1 is 0.935 bits per heavy atom. The summed E-state index contributed by atoms with van der Waals surface area (Å²) in [7, 11) is 0. The van der Waals surface area contributed by atoms with Crippen molar-refractivity contribution in [3.63, 3.8) is 0 Å². The fourth-order valence-electron chi connectivity index (χ4n) is 3.78. The largest absolute Gasteiger partial charge is 0.393 e. The highest BCUT2D eigenvalue weighted by atomic mass is 16.3. The SMILES string of the molecule is NCc1ccc(-c2nc3ccn4c(C(O)CO)nnc4c3cc2-c2ccccc2)cc1. The third kappa shape index (κ3) is 3.34. The Balaban J connectivity index is 1.79. The number of aliphatic hydroxyl groups is 2. The van der Waals surface area contributed by atoms with E-state index in [4.69, 9.17) is 10.7 Å². The monoisotopic (exact) mass is 411 g/mol. The molecule has 154 valence electrons. The second-order valence-electron chi connectivity index (χ2n) is 7.35. The van der Waals surface area contributed by atoms with Gasteiger partial charge in [0.15, 0.2) is 11.5 Å². The van der Waals surface area contributed by atoms with Crippen LogP contribution in [0.15, 0.2) is 72.9 Å². The first-order valence-corrected chi connectivity index (χ1v) is 10.0. The van der Waals surface area contributed by atoms with Gasteiger partial charge in [0.25, 0.3) is 0 Å². The third-order valence-corrected chi connectivity index (χ3v) is 5.42. The van der Waals surface area contributed by atoms with Gasteiger partial charge >= 0.3 is 0 Å². The molecule has 7 heteroatoms. The molecule has 0 bridgehead atoms. The number of nitrogens with two attached hydrogens (primary N) is 1. The van der Waals surface area contributed by atoms with Gasteiger partial charge in [-0.05, 0) is 23.3 Å². The molecule has 4 N–H and O–H groups in total. The molecule has 0 saturated heterocycles. The molecule has 7 nitrogen and oxygen atoms in total. The van der Waals surface area contributed by atoms with Crippen molar-refractivity contribution in [3.05, 3.63) is 84.3 Å². The molecule has 5 rings (SSSR count). The van der Waals surface area contributed by atoms with Crippen LogP contribution in [-0.4, -0.2) is 36.4 Å². The van der Waals surface area contributed by atoms with Crippen LogP contribution in [0.2, 0.25) is 0 Å². The minimum Gasteiger partial charge on any atom is -0.393 e. The van der Waals surface area contributed by atoms with Crippen LogP contribution in [0.5, 0.6) is 0 Å². The van der Waals surface area contributed by atoms with Crippen LogP contribution >= 0.6 is 0 Å². The van der Waals surface area contributed by atoms with Gasteiger partial charge in [0.1, 0.15) is 6.10 Å². The lowest BCUT2D eigenvalue weighted by Crippen LogP contribution is -2.07. The smallest absolute Gasteiger partial charge is 0.170 e. The Hall–Kier alpha value is -3.65. The second kappa shape index (κ2) is 7.88. The third-order valence-electron chi connectivity index (χ3n) is 5.42. The van der Waals surface area contributed by atoms with Gasteiger partial charge in [0.05, 0.1) is 17.8 Å². The lowest BCUT2D eigenvalue weighted by atomic mass is 9.97. The van der Waals surface area contributed by atoms with Crippen molar-refractivity contribution in [1.29, 1.82) is 0 Å². The number of pyridine rings is 2. The first-order chi connectivity index (χ1) is 15.2. The Morgan fingerprint density at radius 2 is 1.71 bits per heavy atom. The van der Waals surface area contributed by atoms with Crippen LogP contribution in [0.4, 0.5) is 0 Å². The van der Waals surface area contributed by atoms with Crippen molar-refractivity contribution in [3.8, 4) is 22.4 Å². The summed E-state index contributed by atoms with van der Waals surface area (Å²) in [6.07, 6.45) is 0.664. The molecular formula is C24H21N5O2. The maximum absolute atomic E-state index is 10.1. The van der Waals surface area contributed by atoms with Crippen LogP contribution in [-0.2, 0) is 6.54 Å². The van der Waals surface area contributed by atoms with Crippen molar-refractivity contribution >= 4 is 16.6 Å². The molecule has 3 aromatic heterocycles. The van der Waals surface area contributed by atoms with Gasteiger partial charge in [-0.3, -0.25) is 4.40 Å². The van der Waals surface area contributed by atoms with Crippen molar-refractivity contribution in [2.24, 2.45) is 5.73 Å². The highest BCUT2D eigenvalue weighted by molar-refractivity contribution is 5.98.